The van der Waals surface area contributed by atoms with Crippen LogP contribution in [0.25, 0.3) is 22.3 Å². The molecule has 0 radical (unpaired) electrons. The minimum atomic E-state index is -1.94. The highest BCUT2D eigenvalue weighted by atomic mass is 16.8. The van der Waals surface area contributed by atoms with Crippen LogP contribution in [0.1, 0.15) is 6.92 Å². The molecule has 252 valence electrons. The van der Waals surface area contributed by atoms with E-state index in [-0.39, 0.29) is 11.3 Å². The number of methoxy groups -OCH3 is 1. The van der Waals surface area contributed by atoms with Gasteiger partial charge in [0.25, 0.3) is 0 Å². The second-order valence-electron chi connectivity index (χ2n) is 10.7. The molecule has 0 bridgehead atoms. The van der Waals surface area contributed by atoms with Crippen molar-refractivity contribution < 1.29 is 84.3 Å². The monoisotopic (exact) mass is 656 g/mol. The largest absolute Gasteiger partial charge is 0.504 e. The lowest BCUT2D eigenvalue weighted by atomic mass is 9.97. The normalized spacial score (nSPS) is 31.6. The first-order chi connectivity index (χ1) is 21.7. The Balaban J connectivity index is 1.57. The molecule has 11 N–H and O–H groups in total. The van der Waals surface area contributed by atoms with Crippen molar-refractivity contribution in [2.75, 3.05) is 13.7 Å². The fourth-order valence-electron chi connectivity index (χ4n) is 5.16. The first-order valence-corrected chi connectivity index (χ1v) is 13.7. The Kier molecular flexibility index (Phi) is 9.10. The van der Waals surface area contributed by atoms with Crippen molar-refractivity contribution in [3.63, 3.8) is 0 Å². The number of aromatic hydroxyl groups is 5. The number of aliphatic hydroxyl groups is 6. The molecule has 18 heteroatoms. The van der Waals surface area contributed by atoms with Crippen molar-refractivity contribution >= 4 is 11.0 Å². The van der Waals surface area contributed by atoms with Crippen molar-refractivity contribution in [3.05, 3.63) is 28.4 Å². The molecule has 10 atom stereocenters. The molecule has 2 aromatic carbocycles. The van der Waals surface area contributed by atoms with Gasteiger partial charge in [0.05, 0.1) is 25.2 Å². The zero-order valence-electron chi connectivity index (χ0n) is 24.0. The standard InChI is InChI=1S/C28H32O18/c1-7-14(32)18(36)21(39)27(42-7)46-26-20(38)17(35)13(6-29)43-28(26)45-25-11(31)5-9-15(33)19(37)23(44-24(9)22(25)40)8-3-10(30)16(34)12(4-8)41-2/h3-5,7,13-14,17-18,20-21,26-32,34-40H,6H2,1-2H3/t7?,13?,14-,17+,18?,20-,21-,26?,27-,28-/m0/s1. The molecule has 4 unspecified atom stereocenters. The number of phenols is 4. The molecular weight excluding hydrogens is 624 g/mol. The van der Waals surface area contributed by atoms with E-state index in [0.717, 1.165) is 18.2 Å². The Morgan fingerprint density at radius 2 is 1.48 bits per heavy atom. The average Bonchev–Trinajstić information content (AvgIpc) is 3.03. The lowest BCUT2D eigenvalue weighted by Gasteiger charge is -2.45. The Labute approximate surface area is 257 Å². The van der Waals surface area contributed by atoms with Gasteiger partial charge in [-0.3, -0.25) is 4.79 Å². The Bertz CT molecular complexity index is 1660. The van der Waals surface area contributed by atoms with Gasteiger partial charge in [-0.05, 0) is 25.1 Å². The summed E-state index contributed by atoms with van der Waals surface area (Å²) in [6, 6.07) is 2.79. The van der Waals surface area contributed by atoms with E-state index in [0.29, 0.717) is 0 Å². The fourth-order valence-corrected chi connectivity index (χ4v) is 5.16. The highest BCUT2D eigenvalue weighted by molar-refractivity contribution is 5.90. The molecule has 0 amide bonds. The van der Waals surface area contributed by atoms with Gasteiger partial charge in [0.15, 0.2) is 41.0 Å². The van der Waals surface area contributed by atoms with Crippen molar-refractivity contribution in [2.24, 2.45) is 0 Å². The van der Waals surface area contributed by atoms with E-state index in [4.69, 9.17) is 28.1 Å². The quantitative estimate of drug-likeness (QED) is 0.123. The third-order valence-corrected chi connectivity index (χ3v) is 7.76. The number of benzene rings is 2. The van der Waals surface area contributed by atoms with Crippen LogP contribution in [-0.4, -0.2) is 131 Å². The van der Waals surface area contributed by atoms with Gasteiger partial charge in [0.2, 0.25) is 34.7 Å². The van der Waals surface area contributed by atoms with Crippen LogP contribution in [-0.2, 0) is 14.2 Å². The SMILES string of the molecule is COc1cc(-c2oc3c(O)c(O[C@@H]4OC(CO)[C@@H](O)[C@H](O)C4O[C@@H]4OC(C)[C@H](O)C(O)[C@@H]4O)c(O)cc3c(=O)c2O)cc(O)c1O. The molecular formula is C28H32O18. The van der Waals surface area contributed by atoms with E-state index in [9.17, 15) is 61.0 Å². The van der Waals surface area contributed by atoms with Crippen LogP contribution in [0.3, 0.4) is 0 Å². The number of aliphatic hydroxyl groups excluding tert-OH is 6. The van der Waals surface area contributed by atoms with Crippen LogP contribution in [0.15, 0.2) is 27.4 Å². The molecule has 2 aliphatic rings. The van der Waals surface area contributed by atoms with Gasteiger partial charge < -0.3 is 84.3 Å². The molecule has 3 heterocycles. The van der Waals surface area contributed by atoms with E-state index in [1.165, 1.54) is 14.0 Å². The van der Waals surface area contributed by atoms with Gasteiger partial charge in [-0.15, -0.1) is 0 Å². The minimum Gasteiger partial charge on any atom is -0.504 e. The van der Waals surface area contributed by atoms with Gasteiger partial charge in [0, 0.05) is 5.56 Å². The summed E-state index contributed by atoms with van der Waals surface area (Å²) < 4.78 is 32.7. The summed E-state index contributed by atoms with van der Waals surface area (Å²) in [6.45, 7) is 0.501. The van der Waals surface area contributed by atoms with Crippen LogP contribution < -0.4 is 14.9 Å². The molecule has 46 heavy (non-hydrogen) atoms. The maximum absolute atomic E-state index is 13.1. The summed E-state index contributed by atoms with van der Waals surface area (Å²) >= 11 is 0. The van der Waals surface area contributed by atoms with Crippen molar-refractivity contribution in [1.29, 1.82) is 0 Å². The number of hydrogen-bond donors (Lipinski definition) is 11. The van der Waals surface area contributed by atoms with Crippen LogP contribution >= 0.6 is 0 Å². The summed E-state index contributed by atoms with van der Waals surface area (Å²) in [4.78, 5) is 13.1. The molecule has 18 nitrogen and oxygen atoms in total. The van der Waals surface area contributed by atoms with Crippen LogP contribution in [0.2, 0.25) is 0 Å². The third kappa shape index (κ3) is 5.59. The van der Waals surface area contributed by atoms with Gasteiger partial charge in [-0.1, -0.05) is 0 Å². The molecule has 5 rings (SSSR count). The maximum Gasteiger partial charge on any atom is 0.235 e. The van der Waals surface area contributed by atoms with Crippen LogP contribution in [0.4, 0.5) is 0 Å². The number of hydrogen-bond acceptors (Lipinski definition) is 18. The zero-order valence-corrected chi connectivity index (χ0v) is 24.0. The molecule has 2 saturated heterocycles. The highest BCUT2D eigenvalue weighted by Crippen LogP contribution is 2.47. The summed E-state index contributed by atoms with van der Waals surface area (Å²) in [6.07, 6.45) is -16.9. The summed E-state index contributed by atoms with van der Waals surface area (Å²) in [5.74, 6) is -6.05. The van der Waals surface area contributed by atoms with Gasteiger partial charge in [-0.2, -0.15) is 0 Å². The predicted octanol–water partition coefficient (Wildman–Crippen LogP) is -1.97. The molecule has 2 fully saturated rings. The summed E-state index contributed by atoms with van der Waals surface area (Å²) in [5, 5.41) is 114. The Morgan fingerprint density at radius 3 is 2.13 bits per heavy atom. The molecule has 0 spiro atoms. The van der Waals surface area contributed by atoms with Gasteiger partial charge >= 0.3 is 0 Å². The van der Waals surface area contributed by atoms with Gasteiger partial charge in [0.1, 0.15) is 36.6 Å². The first kappa shape index (κ1) is 33.3. The lowest BCUT2D eigenvalue weighted by Crippen LogP contribution is -2.64. The highest BCUT2D eigenvalue weighted by Gasteiger charge is 2.51. The van der Waals surface area contributed by atoms with Crippen LogP contribution in [0, 0.1) is 0 Å². The van der Waals surface area contributed by atoms with Crippen molar-refractivity contribution in [1.82, 2.24) is 0 Å². The lowest BCUT2D eigenvalue weighted by molar-refractivity contribution is -0.354. The third-order valence-electron chi connectivity index (χ3n) is 7.76. The number of ether oxygens (including phenoxy) is 5. The summed E-state index contributed by atoms with van der Waals surface area (Å²) in [7, 11) is 1.17. The Hall–Kier alpha value is -4.11. The summed E-state index contributed by atoms with van der Waals surface area (Å²) in [5.41, 5.74) is -1.99. The van der Waals surface area contributed by atoms with Crippen molar-refractivity contribution in [2.45, 2.75) is 68.3 Å². The second kappa shape index (κ2) is 12.6. The van der Waals surface area contributed by atoms with E-state index >= 15 is 0 Å². The smallest absolute Gasteiger partial charge is 0.235 e. The van der Waals surface area contributed by atoms with Crippen LogP contribution in [0.5, 0.6) is 40.2 Å². The van der Waals surface area contributed by atoms with E-state index in [1.54, 1.807) is 0 Å². The van der Waals surface area contributed by atoms with E-state index < -0.39 is 125 Å². The molecule has 2 aliphatic heterocycles. The molecule has 0 aliphatic carbocycles. The topological polar surface area (TPSA) is 299 Å². The maximum atomic E-state index is 13.1. The minimum absolute atomic E-state index is 0.182. The molecule has 0 saturated carbocycles. The Morgan fingerprint density at radius 1 is 0.783 bits per heavy atom. The predicted molar refractivity (Wildman–Crippen MR) is 148 cm³/mol. The van der Waals surface area contributed by atoms with E-state index in [2.05, 4.69) is 0 Å². The molecule has 3 aromatic rings. The zero-order chi connectivity index (χ0) is 33.8. The van der Waals surface area contributed by atoms with Gasteiger partial charge in [-0.25, -0.2) is 0 Å². The van der Waals surface area contributed by atoms with Crippen molar-refractivity contribution in [3.8, 4) is 51.6 Å². The van der Waals surface area contributed by atoms with E-state index in [1.807, 2.05) is 0 Å². The first-order valence-electron chi connectivity index (χ1n) is 13.7. The fraction of sp³-hybridized carbons (Fsp3) is 0.464. The number of rotatable bonds is 7. The number of phenolic OH excluding ortho intramolecular Hbond substituents is 4. The number of fused-ring (bicyclic) bond motifs is 1. The second-order valence-corrected chi connectivity index (χ2v) is 10.7. The average molecular weight is 657 g/mol. The molecule has 1 aromatic heterocycles.